The highest BCUT2D eigenvalue weighted by atomic mass is 32.2. The number of carbonyl (C=O) groups excluding carboxylic acids is 3. The van der Waals surface area contributed by atoms with Gasteiger partial charge >= 0.3 is 5.97 Å². The number of rotatable bonds is 10. The number of likely N-dealkylation sites (tertiary alicyclic amines) is 1. The minimum atomic E-state index is -1.03. The number of carboxylic acid groups (broad SMARTS) is 1. The van der Waals surface area contributed by atoms with E-state index in [1.165, 1.54) is 36.1 Å². The number of carboxylic acids is 1. The molecule has 0 bridgehead atoms. The number of carbonyl (C=O) groups is 4. The summed E-state index contributed by atoms with van der Waals surface area (Å²) >= 11 is 0.909. The molecule has 1 heterocycles. The second-order valence-electron chi connectivity index (χ2n) is 7.45. The van der Waals surface area contributed by atoms with E-state index in [4.69, 9.17) is 0 Å². The smallest absolute Gasteiger partial charge is 0.326 e. The van der Waals surface area contributed by atoms with Crippen LogP contribution in [0.2, 0.25) is 0 Å². The molecular weight excluding hydrogens is 442 g/mol. The Morgan fingerprint density at radius 1 is 1.28 bits per heavy atom. The molecule has 174 valence electrons. The molecule has 1 saturated heterocycles. The van der Waals surface area contributed by atoms with Crippen LogP contribution in [-0.4, -0.2) is 62.4 Å². The Morgan fingerprint density at radius 2 is 1.94 bits per heavy atom. The van der Waals surface area contributed by atoms with Gasteiger partial charge < -0.3 is 20.2 Å². The van der Waals surface area contributed by atoms with Crippen molar-refractivity contribution < 1.29 is 34.2 Å². The summed E-state index contributed by atoms with van der Waals surface area (Å²) in [6.45, 7) is 3.33. The van der Waals surface area contributed by atoms with Crippen LogP contribution in [0.15, 0.2) is 24.3 Å². The standard InChI is InChI=1S/C20H25N3O8S/c1-12(18(25)22-9-3-4-16(22)19(26)27)11-32-20(28)13(2)21-17(24)15-7-5-14(6-8-15)10-31-23(29)30/h5-8,12-13,16H,3-4,9-11H2,1-2H3,(H,21,24)(H,26,27)/t12-,13?,16+/m1/s1. The number of nitrogens with zero attached hydrogens (tertiary/aromatic N) is 2. The second-order valence-corrected chi connectivity index (χ2v) is 8.47. The molecule has 0 aliphatic carbocycles. The van der Waals surface area contributed by atoms with Gasteiger partial charge in [0.05, 0.1) is 6.04 Å². The van der Waals surface area contributed by atoms with Crippen LogP contribution in [0.1, 0.15) is 42.6 Å². The summed E-state index contributed by atoms with van der Waals surface area (Å²) in [7, 11) is 0. The van der Waals surface area contributed by atoms with E-state index in [1.54, 1.807) is 6.92 Å². The lowest BCUT2D eigenvalue weighted by molar-refractivity contribution is -0.763. The van der Waals surface area contributed by atoms with Crippen LogP contribution in [0.4, 0.5) is 0 Å². The Morgan fingerprint density at radius 3 is 2.53 bits per heavy atom. The van der Waals surface area contributed by atoms with Gasteiger partial charge in [-0.1, -0.05) is 30.8 Å². The SMILES string of the molecule is CC(NC(=O)c1ccc(CO[N+](=O)[O-])cc1)C(=O)SC[C@@H](C)C(=O)N1CCC[C@H]1C(=O)O. The number of amides is 2. The van der Waals surface area contributed by atoms with E-state index in [-0.39, 0.29) is 28.9 Å². The molecule has 1 fully saturated rings. The maximum absolute atomic E-state index is 12.5. The normalized spacial score (nSPS) is 17.3. The van der Waals surface area contributed by atoms with Gasteiger partial charge in [-0.2, -0.15) is 0 Å². The van der Waals surface area contributed by atoms with Crippen LogP contribution >= 0.6 is 11.8 Å². The summed E-state index contributed by atoms with van der Waals surface area (Å²) in [5.74, 6) is -2.18. The maximum atomic E-state index is 12.5. The van der Waals surface area contributed by atoms with Gasteiger partial charge in [0.1, 0.15) is 12.6 Å². The molecule has 1 aromatic rings. The number of aliphatic carboxylic acids is 1. The Labute approximate surface area is 188 Å². The molecule has 3 atom stereocenters. The average Bonchev–Trinajstić information content (AvgIpc) is 3.25. The lowest BCUT2D eigenvalue weighted by Gasteiger charge is -2.24. The number of hydrogen-bond acceptors (Lipinski definition) is 8. The molecule has 12 heteroatoms. The first-order valence-corrected chi connectivity index (χ1v) is 11.0. The monoisotopic (exact) mass is 467 g/mol. The molecule has 0 saturated carbocycles. The van der Waals surface area contributed by atoms with E-state index in [1.807, 2.05) is 0 Å². The van der Waals surface area contributed by atoms with Crippen LogP contribution in [0.25, 0.3) is 0 Å². The van der Waals surface area contributed by atoms with Crippen molar-refractivity contribution in [2.45, 2.75) is 45.4 Å². The molecule has 11 nitrogen and oxygen atoms in total. The third-order valence-corrected chi connectivity index (χ3v) is 6.28. The van der Waals surface area contributed by atoms with E-state index in [0.29, 0.717) is 24.9 Å². The zero-order valence-electron chi connectivity index (χ0n) is 17.7. The summed E-state index contributed by atoms with van der Waals surface area (Å²) < 4.78 is 0. The first kappa shape index (κ1) is 25.1. The van der Waals surface area contributed by atoms with Crippen LogP contribution in [-0.2, 0) is 25.8 Å². The van der Waals surface area contributed by atoms with Crippen molar-refractivity contribution in [2.24, 2.45) is 5.92 Å². The first-order valence-electron chi connectivity index (χ1n) is 9.97. The van der Waals surface area contributed by atoms with E-state index in [0.717, 1.165) is 11.8 Å². The molecule has 1 aromatic carbocycles. The zero-order chi connectivity index (χ0) is 23.8. The predicted molar refractivity (Wildman–Crippen MR) is 114 cm³/mol. The van der Waals surface area contributed by atoms with Crippen molar-refractivity contribution in [3.63, 3.8) is 0 Å². The predicted octanol–water partition coefficient (Wildman–Crippen LogP) is 1.48. The van der Waals surface area contributed by atoms with Gasteiger partial charge in [-0.15, -0.1) is 10.1 Å². The second kappa shape index (κ2) is 11.5. The molecule has 2 rings (SSSR count). The Kier molecular flexibility index (Phi) is 9.00. The van der Waals surface area contributed by atoms with Crippen molar-refractivity contribution >= 4 is 34.7 Å². The molecule has 0 radical (unpaired) electrons. The van der Waals surface area contributed by atoms with E-state index in [2.05, 4.69) is 10.2 Å². The highest BCUT2D eigenvalue weighted by molar-refractivity contribution is 8.13. The third-order valence-electron chi connectivity index (χ3n) is 4.97. The zero-order valence-corrected chi connectivity index (χ0v) is 18.5. The number of nitrogens with one attached hydrogen (secondary N) is 1. The molecular formula is C20H25N3O8S. The van der Waals surface area contributed by atoms with Gasteiger partial charge in [0.25, 0.3) is 11.0 Å². The number of benzene rings is 1. The summed E-state index contributed by atoms with van der Waals surface area (Å²) in [6.07, 6.45) is 1.06. The minimum Gasteiger partial charge on any atom is -0.480 e. The number of hydrogen-bond donors (Lipinski definition) is 2. The van der Waals surface area contributed by atoms with Crippen LogP contribution in [0.5, 0.6) is 0 Å². The van der Waals surface area contributed by atoms with Crippen molar-refractivity contribution in [3.05, 3.63) is 45.5 Å². The Balaban J connectivity index is 1.82. The van der Waals surface area contributed by atoms with E-state index < -0.39 is 35.0 Å². The molecule has 2 amide bonds. The number of thioether (sulfide) groups is 1. The lowest BCUT2D eigenvalue weighted by Crippen LogP contribution is -2.43. The van der Waals surface area contributed by atoms with E-state index >= 15 is 0 Å². The van der Waals surface area contributed by atoms with E-state index in [9.17, 15) is 34.4 Å². The highest BCUT2D eigenvalue weighted by Crippen LogP contribution is 2.22. The largest absolute Gasteiger partial charge is 0.480 e. The minimum absolute atomic E-state index is 0.172. The molecule has 1 aliphatic rings. The molecule has 2 N–H and O–H groups in total. The average molecular weight is 468 g/mol. The molecule has 1 aliphatic heterocycles. The van der Waals surface area contributed by atoms with Gasteiger partial charge in [-0.25, -0.2) is 4.79 Å². The van der Waals surface area contributed by atoms with Gasteiger partial charge in [-0.3, -0.25) is 14.4 Å². The fourth-order valence-corrected chi connectivity index (χ4v) is 4.06. The Hall–Kier alpha value is -3.15. The fraction of sp³-hybridized carbons (Fsp3) is 0.500. The third kappa shape index (κ3) is 6.94. The Bertz CT molecular complexity index is 876. The summed E-state index contributed by atoms with van der Waals surface area (Å²) in [4.78, 5) is 64.3. The fourth-order valence-electron chi connectivity index (χ4n) is 3.19. The molecule has 0 spiro atoms. The summed E-state index contributed by atoms with van der Waals surface area (Å²) in [5.41, 5.74) is 0.788. The highest BCUT2D eigenvalue weighted by Gasteiger charge is 2.36. The van der Waals surface area contributed by atoms with Crippen molar-refractivity contribution in [1.29, 1.82) is 0 Å². The molecule has 32 heavy (non-hydrogen) atoms. The van der Waals surface area contributed by atoms with Gasteiger partial charge in [0.15, 0.2) is 0 Å². The van der Waals surface area contributed by atoms with Crippen LogP contribution in [0.3, 0.4) is 0 Å². The molecule has 0 aromatic heterocycles. The van der Waals surface area contributed by atoms with Crippen molar-refractivity contribution in [2.75, 3.05) is 12.3 Å². The topological polar surface area (TPSA) is 156 Å². The maximum Gasteiger partial charge on any atom is 0.326 e. The van der Waals surface area contributed by atoms with Gasteiger partial charge in [-0.05, 0) is 37.5 Å². The van der Waals surface area contributed by atoms with Gasteiger partial charge in [0.2, 0.25) is 11.0 Å². The van der Waals surface area contributed by atoms with Crippen LogP contribution < -0.4 is 5.32 Å². The lowest BCUT2D eigenvalue weighted by atomic mass is 10.1. The quantitative estimate of drug-likeness (QED) is 0.384. The summed E-state index contributed by atoms with van der Waals surface area (Å²) in [5, 5.41) is 20.8. The molecule has 1 unspecified atom stereocenters. The van der Waals surface area contributed by atoms with Crippen LogP contribution in [0, 0.1) is 16.0 Å². The first-order chi connectivity index (χ1) is 15.1. The van der Waals surface area contributed by atoms with Gasteiger partial charge in [0, 0.05) is 23.8 Å². The van der Waals surface area contributed by atoms with Crippen molar-refractivity contribution in [3.8, 4) is 0 Å². The summed E-state index contributed by atoms with van der Waals surface area (Å²) in [6, 6.07) is 4.32. The van der Waals surface area contributed by atoms with Crippen molar-refractivity contribution in [1.82, 2.24) is 10.2 Å².